The number of carboxylic acid groups (broad SMARTS) is 1. The number of amides is 1. The monoisotopic (exact) mass is 419 g/mol. The first-order chi connectivity index (χ1) is 13.4. The summed E-state index contributed by atoms with van der Waals surface area (Å²) in [6.07, 6.45) is 1.10. The Labute approximate surface area is 175 Å². The second kappa shape index (κ2) is 8.97. The Hall–Kier alpha value is -2.04. The Morgan fingerprint density at radius 3 is 2.43 bits per heavy atom. The van der Waals surface area contributed by atoms with Gasteiger partial charge in [-0.25, -0.2) is 0 Å². The van der Waals surface area contributed by atoms with Gasteiger partial charge in [0.2, 0.25) is 5.91 Å². The number of hydrogen-bond donors (Lipinski definition) is 1. The summed E-state index contributed by atoms with van der Waals surface area (Å²) in [5, 5.41) is 10.6. The van der Waals surface area contributed by atoms with Crippen LogP contribution in [0.5, 0.6) is 0 Å². The summed E-state index contributed by atoms with van der Waals surface area (Å²) in [5.41, 5.74) is 2.00. The van der Waals surface area contributed by atoms with E-state index in [-0.39, 0.29) is 24.3 Å². The number of carbonyl (C=O) groups excluding carboxylic acids is 1. The third-order valence-electron chi connectivity index (χ3n) is 5.26. The number of hydrogen-bond acceptors (Lipinski definition) is 2. The van der Waals surface area contributed by atoms with Crippen molar-refractivity contribution in [3.63, 3.8) is 0 Å². The summed E-state index contributed by atoms with van der Waals surface area (Å²) in [7, 11) is 0. The van der Waals surface area contributed by atoms with Crippen molar-refractivity contribution in [3.05, 3.63) is 69.7 Å². The van der Waals surface area contributed by atoms with Crippen LogP contribution in [0.25, 0.3) is 0 Å². The van der Waals surface area contributed by atoms with Crippen molar-refractivity contribution in [1.82, 2.24) is 4.90 Å². The van der Waals surface area contributed by atoms with E-state index in [0.29, 0.717) is 23.0 Å². The number of halogens is 2. The molecule has 3 atom stereocenters. The summed E-state index contributed by atoms with van der Waals surface area (Å²) in [6.45, 7) is 2.58. The second-order valence-electron chi connectivity index (χ2n) is 7.22. The van der Waals surface area contributed by atoms with Crippen molar-refractivity contribution in [2.75, 3.05) is 6.54 Å². The lowest BCUT2D eigenvalue weighted by atomic mass is 9.75. The van der Waals surface area contributed by atoms with E-state index < -0.39 is 11.9 Å². The van der Waals surface area contributed by atoms with Crippen LogP contribution in [-0.4, -0.2) is 28.4 Å². The molecular weight excluding hydrogens is 397 g/mol. The summed E-state index contributed by atoms with van der Waals surface area (Å²) in [6, 6.07) is 15.0. The minimum Gasteiger partial charge on any atom is -0.481 e. The van der Waals surface area contributed by atoms with Gasteiger partial charge in [0, 0.05) is 28.4 Å². The van der Waals surface area contributed by atoms with Crippen molar-refractivity contribution in [1.29, 1.82) is 0 Å². The minimum atomic E-state index is -0.954. The zero-order valence-electron chi connectivity index (χ0n) is 15.6. The van der Waals surface area contributed by atoms with Crippen molar-refractivity contribution in [3.8, 4) is 0 Å². The Morgan fingerprint density at radius 1 is 1.11 bits per heavy atom. The maximum atomic E-state index is 13.2. The van der Waals surface area contributed by atoms with Gasteiger partial charge in [-0.3, -0.25) is 9.59 Å². The molecule has 6 heteroatoms. The standard InChI is InChI=1S/C22H23Cl2NO3/c1-2-10-25-21(14-6-8-17(23)9-7-14)19(15-4-3-5-18(24)11-15)12-16(22(25)28)13-20(26)27/h3-9,11,16,19,21H,2,10,12-13H2,1H3,(H,26,27)/t16-,19?,21+/m0/s1. The maximum Gasteiger partial charge on any atom is 0.304 e. The fourth-order valence-electron chi connectivity index (χ4n) is 4.12. The molecule has 1 aliphatic heterocycles. The number of rotatable bonds is 6. The summed E-state index contributed by atoms with van der Waals surface area (Å²) in [4.78, 5) is 26.4. The summed E-state index contributed by atoms with van der Waals surface area (Å²) in [5.74, 6) is -1.64. The Balaban J connectivity index is 2.09. The number of benzene rings is 2. The van der Waals surface area contributed by atoms with Crippen LogP contribution < -0.4 is 0 Å². The topological polar surface area (TPSA) is 57.6 Å². The van der Waals surface area contributed by atoms with Gasteiger partial charge in [-0.1, -0.05) is 54.4 Å². The van der Waals surface area contributed by atoms with Gasteiger partial charge < -0.3 is 10.0 Å². The zero-order valence-corrected chi connectivity index (χ0v) is 17.2. The maximum absolute atomic E-state index is 13.2. The molecule has 2 aromatic carbocycles. The Bertz CT molecular complexity index is 853. The largest absolute Gasteiger partial charge is 0.481 e. The van der Waals surface area contributed by atoms with Gasteiger partial charge in [-0.05, 0) is 48.2 Å². The normalized spacial score (nSPS) is 22.3. The first-order valence-corrected chi connectivity index (χ1v) is 10.2. The molecule has 28 heavy (non-hydrogen) atoms. The van der Waals surface area contributed by atoms with Crippen LogP contribution in [0.4, 0.5) is 0 Å². The number of carboxylic acids is 1. The lowest BCUT2D eigenvalue weighted by Crippen LogP contribution is -2.47. The minimum absolute atomic E-state index is 0.0477. The molecule has 0 radical (unpaired) electrons. The summed E-state index contributed by atoms with van der Waals surface area (Å²) >= 11 is 12.3. The molecule has 1 fully saturated rings. The predicted octanol–water partition coefficient (Wildman–Crippen LogP) is 5.55. The van der Waals surface area contributed by atoms with E-state index in [2.05, 4.69) is 0 Å². The van der Waals surface area contributed by atoms with Crippen LogP contribution in [-0.2, 0) is 9.59 Å². The van der Waals surface area contributed by atoms with Crippen molar-refractivity contribution in [2.45, 2.75) is 38.1 Å². The fourth-order valence-corrected chi connectivity index (χ4v) is 4.45. The van der Waals surface area contributed by atoms with Gasteiger partial charge in [0.05, 0.1) is 12.5 Å². The van der Waals surface area contributed by atoms with Gasteiger partial charge in [-0.2, -0.15) is 0 Å². The van der Waals surface area contributed by atoms with E-state index in [1.165, 1.54) is 0 Å². The third-order valence-corrected chi connectivity index (χ3v) is 5.75. The number of nitrogens with zero attached hydrogens (tertiary/aromatic N) is 1. The van der Waals surface area contributed by atoms with Crippen LogP contribution >= 0.6 is 23.2 Å². The molecule has 0 aromatic heterocycles. The average molecular weight is 420 g/mol. The van der Waals surface area contributed by atoms with Gasteiger partial charge in [0.15, 0.2) is 0 Å². The Kier molecular flexibility index (Phi) is 6.63. The molecule has 148 valence electrons. The molecule has 4 nitrogen and oxygen atoms in total. The number of carbonyl (C=O) groups is 2. The highest BCUT2D eigenvalue weighted by Crippen LogP contribution is 2.46. The smallest absolute Gasteiger partial charge is 0.304 e. The SMILES string of the molecule is CCCN1C(=O)[C@H](CC(=O)O)CC(c2cccc(Cl)c2)[C@H]1c1ccc(Cl)cc1. The van der Waals surface area contributed by atoms with Crippen LogP contribution in [0.1, 0.15) is 49.3 Å². The quantitative estimate of drug-likeness (QED) is 0.667. The zero-order chi connectivity index (χ0) is 20.3. The van der Waals surface area contributed by atoms with Crippen LogP contribution in [0, 0.1) is 5.92 Å². The van der Waals surface area contributed by atoms with Crippen LogP contribution in [0.3, 0.4) is 0 Å². The molecule has 1 heterocycles. The highest BCUT2D eigenvalue weighted by molar-refractivity contribution is 6.30. The first kappa shape index (κ1) is 20.7. The van der Waals surface area contributed by atoms with E-state index in [4.69, 9.17) is 23.2 Å². The third kappa shape index (κ3) is 4.50. The van der Waals surface area contributed by atoms with Crippen LogP contribution in [0.15, 0.2) is 48.5 Å². The molecule has 1 saturated heterocycles. The average Bonchev–Trinajstić information content (AvgIpc) is 2.65. The van der Waals surface area contributed by atoms with Crippen molar-refractivity contribution < 1.29 is 14.7 Å². The molecule has 1 unspecified atom stereocenters. The second-order valence-corrected chi connectivity index (χ2v) is 8.09. The fraction of sp³-hybridized carbons (Fsp3) is 0.364. The van der Waals surface area contributed by atoms with E-state index in [9.17, 15) is 14.7 Å². The molecular formula is C22H23Cl2NO3. The van der Waals surface area contributed by atoms with Crippen molar-refractivity contribution in [2.24, 2.45) is 5.92 Å². The highest BCUT2D eigenvalue weighted by Gasteiger charge is 2.43. The van der Waals surface area contributed by atoms with Crippen LogP contribution in [0.2, 0.25) is 10.0 Å². The molecule has 0 spiro atoms. The number of likely N-dealkylation sites (tertiary alicyclic amines) is 1. The lowest BCUT2D eigenvalue weighted by Gasteiger charge is -2.45. The molecule has 0 bridgehead atoms. The molecule has 1 amide bonds. The molecule has 0 saturated carbocycles. The van der Waals surface area contributed by atoms with Gasteiger partial charge >= 0.3 is 5.97 Å². The lowest BCUT2D eigenvalue weighted by molar-refractivity contribution is -0.149. The van der Waals surface area contributed by atoms with Crippen molar-refractivity contribution >= 4 is 35.1 Å². The Morgan fingerprint density at radius 2 is 1.82 bits per heavy atom. The molecule has 2 aromatic rings. The van der Waals surface area contributed by atoms with E-state index >= 15 is 0 Å². The van der Waals surface area contributed by atoms with E-state index in [1.54, 1.807) is 0 Å². The van der Waals surface area contributed by atoms with E-state index in [1.807, 2.05) is 60.4 Å². The van der Waals surface area contributed by atoms with Gasteiger partial charge in [0.25, 0.3) is 0 Å². The first-order valence-electron chi connectivity index (χ1n) is 9.44. The molecule has 3 rings (SSSR count). The van der Waals surface area contributed by atoms with E-state index in [0.717, 1.165) is 17.5 Å². The van der Waals surface area contributed by atoms with Gasteiger partial charge in [0.1, 0.15) is 0 Å². The molecule has 1 N–H and O–H groups in total. The molecule has 1 aliphatic rings. The van der Waals surface area contributed by atoms with Gasteiger partial charge in [-0.15, -0.1) is 0 Å². The molecule has 0 aliphatic carbocycles. The number of aliphatic carboxylic acids is 1. The number of piperidine rings is 1. The summed E-state index contributed by atoms with van der Waals surface area (Å²) < 4.78 is 0. The predicted molar refractivity (Wildman–Crippen MR) is 111 cm³/mol. The highest BCUT2D eigenvalue weighted by atomic mass is 35.5.